The first-order chi connectivity index (χ1) is 10.9. The highest BCUT2D eigenvalue weighted by Gasteiger charge is 2.38. The van der Waals surface area contributed by atoms with Crippen LogP contribution in [0.2, 0.25) is 5.02 Å². The molecule has 1 aromatic rings. The molecule has 0 aromatic carbocycles. The Morgan fingerprint density at radius 1 is 1.38 bits per heavy atom. The summed E-state index contributed by atoms with van der Waals surface area (Å²) in [6.07, 6.45) is -1.17. The van der Waals surface area contributed by atoms with Gasteiger partial charge in [0.25, 0.3) is 6.43 Å². The molecule has 0 radical (unpaired) electrons. The number of hydrogen-bond donors (Lipinski definition) is 2. The molecular formula is C16H25ClF2N4O. The first-order valence-electron chi connectivity index (χ1n) is 8.00. The van der Waals surface area contributed by atoms with E-state index < -0.39 is 12.1 Å². The molecule has 1 amide bonds. The molecule has 1 fully saturated rings. The molecule has 0 bridgehead atoms. The third kappa shape index (κ3) is 4.45. The Morgan fingerprint density at radius 3 is 2.38 bits per heavy atom. The predicted octanol–water partition coefficient (Wildman–Crippen LogP) is 3.21. The Hall–Kier alpha value is -1.21. The molecule has 0 unspecified atom stereocenters. The smallest absolute Gasteiger partial charge is 0.283 e. The van der Waals surface area contributed by atoms with E-state index in [1.807, 2.05) is 0 Å². The molecule has 1 aromatic heterocycles. The molecule has 2 heterocycles. The molecule has 5 nitrogen and oxygen atoms in total. The van der Waals surface area contributed by atoms with Gasteiger partial charge in [-0.1, -0.05) is 11.6 Å². The van der Waals surface area contributed by atoms with Crippen molar-refractivity contribution in [1.29, 1.82) is 0 Å². The molecule has 1 saturated heterocycles. The predicted molar refractivity (Wildman–Crippen MR) is 89.4 cm³/mol. The van der Waals surface area contributed by atoms with E-state index in [9.17, 15) is 13.6 Å². The second-order valence-corrected chi connectivity index (χ2v) is 8.19. The number of hydrogen-bond acceptors (Lipinski definition) is 3. The van der Waals surface area contributed by atoms with Crippen LogP contribution in [0.3, 0.4) is 0 Å². The number of aromatic nitrogens is 2. The van der Waals surface area contributed by atoms with Crippen LogP contribution in [0.15, 0.2) is 0 Å². The van der Waals surface area contributed by atoms with Crippen LogP contribution in [-0.4, -0.2) is 32.8 Å². The number of carbonyl (C=O) groups excluding carboxylic acids is 1. The van der Waals surface area contributed by atoms with Crippen molar-refractivity contribution in [2.75, 3.05) is 0 Å². The molecule has 136 valence electrons. The van der Waals surface area contributed by atoms with E-state index in [2.05, 4.69) is 43.4 Å². The van der Waals surface area contributed by atoms with E-state index in [0.717, 1.165) is 12.8 Å². The number of nitrogens with zero attached hydrogens (tertiary/aromatic N) is 2. The highest BCUT2D eigenvalue weighted by Crippen LogP contribution is 2.29. The second kappa shape index (κ2) is 6.59. The Morgan fingerprint density at radius 2 is 1.92 bits per heavy atom. The van der Waals surface area contributed by atoms with Crippen LogP contribution in [0.5, 0.6) is 0 Å². The summed E-state index contributed by atoms with van der Waals surface area (Å²) in [5.41, 5.74) is -0.291. The van der Waals surface area contributed by atoms with Gasteiger partial charge in [0.2, 0.25) is 5.91 Å². The number of amides is 1. The van der Waals surface area contributed by atoms with Gasteiger partial charge in [0.1, 0.15) is 12.2 Å². The second-order valence-electron chi connectivity index (χ2n) is 7.81. The van der Waals surface area contributed by atoms with Gasteiger partial charge in [-0.2, -0.15) is 5.10 Å². The molecule has 0 atom stereocenters. The van der Waals surface area contributed by atoms with Crippen molar-refractivity contribution in [3.05, 3.63) is 16.4 Å². The average Bonchev–Trinajstić information content (AvgIpc) is 2.63. The molecule has 0 saturated carbocycles. The molecule has 0 spiro atoms. The Labute approximate surface area is 146 Å². The lowest BCUT2D eigenvalue weighted by atomic mass is 9.79. The molecule has 2 rings (SSSR count). The number of carbonyl (C=O) groups is 1. The van der Waals surface area contributed by atoms with Crippen molar-refractivity contribution in [2.24, 2.45) is 0 Å². The van der Waals surface area contributed by atoms with Crippen LogP contribution in [-0.2, 0) is 11.3 Å². The van der Waals surface area contributed by atoms with E-state index in [4.69, 9.17) is 11.6 Å². The summed E-state index contributed by atoms with van der Waals surface area (Å²) in [4.78, 5) is 12.3. The van der Waals surface area contributed by atoms with Crippen molar-refractivity contribution in [1.82, 2.24) is 20.4 Å². The monoisotopic (exact) mass is 362 g/mol. The van der Waals surface area contributed by atoms with Gasteiger partial charge in [-0.25, -0.2) is 8.78 Å². The maximum Gasteiger partial charge on any atom is 0.283 e. The van der Waals surface area contributed by atoms with Crippen molar-refractivity contribution >= 4 is 17.5 Å². The van der Waals surface area contributed by atoms with Crippen molar-refractivity contribution in [3.63, 3.8) is 0 Å². The van der Waals surface area contributed by atoms with Crippen LogP contribution in [0.1, 0.15) is 58.3 Å². The van der Waals surface area contributed by atoms with Gasteiger partial charge in [0, 0.05) is 17.1 Å². The molecule has 0 aliphatic carbocycles. The van der Waals surface area contributed by atoms with Crippen LogP contribution in [0.4, 0.5) is 8.78 Å². The number of piperidine rings is 1. The van der Waals surface area contributed by atoms with Crippen LogP contribution in [0, 0.1) is 6.92 Å². The summed E-state index contributed by atoms with van der Waals surface area (Å²) in [5.74, 6) is -0.253. The minimum absolute atomic E-state index is 0.0182. The Bertz CT molecular complexity index is 612. The molecule has 1 aliphatic heterocycles. The SMILES string of the molecule is Cc1c(Cl)c(C(F)F)nn1CC(=O)NC1CC(C)(C)NC(C)(C)C1. The van der Waals surface area contributed by atoms with Crippen LogP contribution < -0.4 is 10.6 Å². The molecule has 2 N–H and O–H groups in total. The Balaban J connectivity index is 2.05. The van der Waals surface area contributed by atoms with E-state index in [-0.39, 0.29) is 34.6 Å². The largest absolute Gasteiger partial charge is 0.352 e. The summed E-state index contributed by atoms with van der Waals surface area (Å²) in [5, 5.41) is 10.2. The van der Waals surface area contributed by atoms with E-state index in [1.165, 1.54) is 4.68 Å². The highest BCUT2D eigenvalue weighted by molar-refractivity contribution is 6.31. The zero-order valence-corrected chi connectivity index (χ0v) is 15.5. The lowest BCUT2D eigenvalue weighted by Crippen LogP contribution is -2.62. The van der Waals surface area contributed by atoms with Crippen LogP contribution in [0.25, 0.3) is 0 Å². The van der Waals surface area contributed by atoms with Gasteiger partial charge in [0.05, 0.1) is 10.7 Å². The fourth-order valence-corrected chi connectivity index (χ4v) is 3.89. The van der Waals surface area contributed by atoms with E-state index in [1.54, 1.807) is 6.92 Å². The van der Waals surface area contributed by atoms with Gasteiger partial charge in [-0.3, -0.25) is 9.48 Å². The molecule has 8 heteroatoms. The molecule has 1 aliphatic rings. The highest BCUT2D eigenvalue weighted by atomic mass is 35.5. The summed E-state index contributed by atoms with van der Waals surface area (Å²) in [6, 6.07) is 0.0182. The maximum atomic E-state index is 12.8. The average molecular weight is 363 g/mol. The van der Waals surface area contributed by atoms with Crippen molar-refractivity contribution < 1.29 is 13.6 Å². The number of rotatable bonds is 4. The fourth-order valence-electron chi connectivity index (χ4n) is 3.67. The van der Waals surface area contributed by atoms with E-state index >= 15 is 0 Å². The van der Waals surface area contributed by atoms with Gasteiger partial charge < -0.3 is 10.6 Å². The summed E-state index contributed by atoms with van der Waals surface area (Å²) >= 11 is 5.86. The number of alkyl halides is 2. The zero-order valence-electron chi connectivity index (χ0n) is 14.7. The third-order valence-corrected chi connectivity index (χ3v) is 4.68. The quantitative estimate of drug-likeness (QED) is 0.864. The van der Waals surface area contributed by atoms with Gasteiger partial charge in [-0.15, -0.1) is 0 Å². The van der Waals surface area contributed by atoms with E-state index in [0.29, 0.717) is 5.69 Å². The molecule has 24 heavy (non-hydrogen) atoms. The standard InChI is InChI=1S/C16H25ClF2N4O/c1-9-12(17)13(14(18)19)21-23(9)8-11(24)20-10-6-15(2,3)22-16(4,5)7-10/h10,14,22H,6-8H2,1-5H3,(H,20,24). The lowest BCUT2D eigenvalue weighted by Gasteiger charge is -2.46. The van der Waals surface area contributed by atoms with Crippen molar-refractivity contribution in [3.8, 4) is 0 Å². The van der Waals surface area contributed by atoms with Crippen molar-refractivity contribution in [2.45, 2.75) is 77.6 Å². The maximum absolute atomic E-state index is 12.8. The molecular weight excluding hydrogens is 338 g/mol. The minimum atomic E-state index is -2.76. The third-order valence-electron chi connectivity index (χ3n) is 4.21. The zero-order chi connectivity index (χ0) is 18.3. The van der Waals surface area contributed by atoms with Crippen LogP contribution >= 0.6 is 11.6 Å². The Kier molecular flexibility index (Phi) is 5.25. The number of halogens is 3. The minimum Gasteiger partial charge on any atom is -0.352 e. The first kappa shape index (κ1) is 19.1. The normalized spacial score (nSPS) is 20.4. The number of nitrogens with one attached hydrogen (secondary N) is 2. The summed E-state index contributed by atoms with van der Waals surface area (Å²) in [6.45, 7) is 9.84. The fraction of sp³-hybridized carbons (Fsp3) is 0.750. The topological polar surface area (TPSA) is 59.0 Å². The van der Waals surface area contributed by atoms with Gasteiger partial charge in [0.15, 0.2) is 0 Å². The van der Waals surface area contributed by atoms with Gasteiger partial charge in [-0.05, 0) is 47.5 Å². The summed E-state index contributed by atoms with van der Waals surface area (Å²) < 4.78 is 26.9. The summed E-state index contributed by atoms with van der Waals surface area (Å²) in [7, 11) is 0. The van der Waals surface area contributed by atoms with Gasteiger partial charge >= 0.3 is 0 Å². The first-order valence-corrected chi connectivity index (χ1v) is 8.38. The lowest BCUT2D eigenvalue weighted by molar-refractivity contribution is -0.123.